The van der Waals surface area contributed by atoms with Crippen molar-refractivity contribution < 1.29 is 19.1 Å². The van der Waals surface area contributed by atoms with Gasteiger partial charge in [0.2, 0.25) is 0 Å². The first-order chi connectivity index (χ1) is 11.3. The van der Waals surface area contributed by atoms with E-state index in [1.165, 1.54) is 0 Å². The Morgan fingerprint density at radius 3 is 2.58 bits per heavy atom. The maximum absolute atomic E-state index is 12.7. The lowest BCUT2D eigenvalue weighted by molar-refractivity contribution is -0.119. The van der Waals surface area contributed by atoms with Crippen molar-refractivity contribution in [3.8, 4) is 5.75 Å². The molecule has 2 aliphatic rings. The molecule has 1 aromatic rings. The van der Waals surface area contributed by atoms with Crippen LogP contribution in [0.3, 0.4) is 0 Å². The molecule has 3 atom stereocenters. The number of para-hydroxylation sites is 1. The van der Waals surface area contributed by atoms with Crippen molar-refractivity contribution in [2.24, 2.45) is 5.92 Å². The lowest BCUT2D eigenvalue weighted by Gasteiger charge is -2.45. The summed E-state index contributed by atoms with van der Waals surface area (Å²) in [7, 11) is 0. The summed E-state index contributed by atoms with van der Waals surface area (Å²) in [6.07, 6.45) is 1.15. The smallest absolute Gasteiger partial charge is 0.136 e. The Balaban J connectivity index is 1.93. The van der Waals surface area contributed by atoms with Crippen molar-refractivity contribution >= 4 is 11.4 Å². The largest absolute Gasteiger partial charge is 0.598 e. The summed E-state index contributed by atoms with van der Waals surface area (Å²) in [5.74, 6) is 0.635. The number of benzene rings is 1. The quantitative estimate of drug-likeness (QED) is 0.816. The molecule has 1 aromatic carbocycles. The van der Waals surface area contributed by atoms with Gasteiger partial charge in [-0.05, 0) is 26.8 Å². The molecule has 2 N–H and O–H groups in total. The van der Waals surface area contributed by atoms with Crippen LogP contribution >= 0.6 is 0 Å². The second-order valence-corrected chi connectivity index (χ2v) is 9.65. The summed E-state index contributed by atoms with van der Waals surface area (Å²) in [4.78, 5) is 0. The molecule has 0 radical (unpaired) electrons. The van der Waals surface area contributed by atoms with Gasteiger partial charge in [0.05, 0.1) is 18.2 Å². The average molecular weight is 353 g/mol. The van der Waals surface area contributed by atoms with E-state index in [1.807, 2.05) is 45.0 Å². The van der Waals surface area contributed by atoms with Gasteiger partial charge in [-0.2, -0.15) is 0 Å². The highest BCUT2D eigenvalue weighted by molar-refractivity contribution is 7.90. The zero-order chi connectivity index (χ0) is 17.4. The van der Waals surface area contributed by atoms with Gasteiger partial charge in [-0.25, -0.2) is 0 Å². The first kappa shape index (κ1) is 18.0. The van der Waals surface area contributed by atoms with Crippen LogP contribution in [0.2, 0.25) is 0 Å². The second-order valence-electron chi connectivity index (χ2n) is 7.65. The molecule has 3 rings (SSSR count). The van der Waals surface area contributed by atoms with E-state index in [1.54, 1.807) is 0 Å². The van der Waals surface area contributed by atoms with Crippen LogP contribution < -0.4 is 9.46 Å². The first-order valence-corrected chi connectivity index (χ1v) is 9.66. The van der Waals surface area contributed by atoms with Crippen LogP contribution in [-0.2, 0) is 16.1 Å². The molecule has 24 heavy (non-hydrogen) atoms. The summed E-state index contributed by atoms with van der Waals surface area (Å²) in [6.45, 7) is 7.33. The Hall–Kier alpha value is -0.790. The van der Waals surface area contributed by atoms with Gasteiger partial charge in [-0.15, -0.1) is 4.72 Å². The average Bonchev–Trinajstić information content (AvgIpc) is 2.54. The fourth-order valence-corrected chi connectivity index (χ4v) is 4.24. The van der Waals surface area contributed by atoms with Gasteiger partial charge in [-0.1, -0.05) is 18.2 Å². The van der Waals surface area contributed by atoms with Crippen molar-refractivity contribution in [3.63, 3.8) is 0 Å². The number of hydrogen-bond acceptors (Lipinski definition) is 5. The van der Waals surface area contributed by atoms with Crippen molar-refractivity contribution in [1.29, 1.82) is 0 Å². The zero-order valence-corrected chi connectivity index (χ0v) is 15.4. The molecule has 1 unspecified atom stereocenters. The van der Waals surface area contributed by atoms with Crippen molar-refractivity contribution in [1.82, 2.24) is 4.72 Å². The Kier molecular flexibility index (Phi) is 5.14. The number of hydrogen-bond donors (Lipinski definition) is 2. The van der Waals surface area contributed by atoms with Crippen LogP contribution in [0.15, 0.2) is 24.3 Å². The van der Waals surface area contributed by atoms with Gasteiger partial charge in [0, 0.05) is 48.9 Å². The molecule has 1 saturated heterocycles. The highest BCUT2D eigenvalue weighted by Gasteiger charge is 2.48. The minimum atomic E-state index is -1.23. The minimum absolute atomic E-state index is 0.164. The van der Waals surface area contributed by atoms with E-state index in [-0.39, 0.29) is 16.7 Å². The van der Waals surface area contributed by atoms with Gasteiger partial charge in [0.15, 0.2) is 0 Å². The summed E-state index contributed by atoms with van der Waals surface area (Å²) < 4.78 is 27.0. The molecule has 134 valence electrons. The molecule has 2 aliphatic heterocycles. The third-order valence-corrected chi connectivity index (χ3v) is 6.49. The van der Waals surface area contributed by atoms with E-state index in [0.29, 0.717) is 32.7 Å². The van der Waals surface area contributed by atoms with E-state index < -0.39 is 17.0 Å². The van der Waals surface area contributed by atoms with Crippen LogP contribution in [0.5, 0.6) is 5.75 Å². The first-order valence-electron chi connectivity index (χ1n) is 8.51. The standard InChI is InChI=1S/C18H27NO4S/c1-17(2,3)24(21)19-16-13-6-4-5-7-15(13)23-12-14(16)18(20)8-10-22-11-9-18/h4-7,14,16,19-20H,8-12H2,1-3H3/t14-,16-,24?/m0/s1. The number of ether oxygens (including phenoxy) is 2. The molecular formula is C18H27NO4S. The van der Waals surface area contributed by atoms with Crippen molar-refractivity contribution in [3.05, 3.63) is 29.8 Å². The highest BCUT2D eigenvalue weighted by atomic mass is 32.2. The summed E-state index contributed by atoms with van der Waals surface area (Å²) in [5.41, 5.74) is 0.0946. The van der Waals surface area contributed by atoms with Crippen LogP contribution in [0.1, 0.15) is 45.2 Å². The van der Waals surface area contributed by atoms with Gasteiger partial charge < -0.3 is 19.1 Å². The number of fused-ring (bicyclic) bond motifs is 1. The van der Waals surface area contributed by atoms with E-state index in [0.717, 1.165) is 11.3 Å². The Morgan fingerprint density at radius 1 is 1.25 bits per heavy atom. The van der Waals surface area contributed by atoms with Crippen LogP contribution in [0, 0.1) is 5.92 Å². The number of aliphatic hydroxyl groups is 1. The molecule has 0 spiro atoms. The van der Waals surface area contributed by atoms with Crippen molar-refractivity contribution in [2.75, 3.05) is 19.8 Å². The van der Waals surface area contributed by atoms with E-state index >= 15 is 0 Å². The summed E-state index contributed by atoms with van der Waals surface area (Å²) in [5, 5.41) is 11.2. The molecule has 0 amide bonds. The highest BCUT2D eigenvalue weighted by Crippen LogP contribution is 2.44. The number of nitrogens with one attached hydrogen (secondary N) is 1. The second kappa shape index (κ2) is 6.84. The van der Waals surface area contributed by atoms with E-state index in [2.05, 4.69) is 4.72 Å². The fourth-order valence-electron chi connectivity index (χ4n) is 3.36. The van der Waals surface area contributed by atoms with Gasteiger partial charge in [0.1, 0.15) is 10.5 Å². The monoisotopic (exact) mass is 353 g/mol. The van der Waals surface area contributed by atoms with E-state index in [4.69, 9.17) is 9.47 Å². The molecule has 0 saturated carbocycles. The number of rotatable bonds is 3. The van der Waals surface area contributed by atoms with Crippen LogP contribution in [0.4, 0.5) is 0 Å². The summed E-state index contributed by atoms with van der Waals surface area (Å²) in [6, 6.07) is 7.58. The molecule has 1 fully saturated rings. The molecule has 0 bridgehead atoms. The zero-order valence-electron chi connectivity index (χ0n) is 14.6. The Morgan fingerprint density at radius 2 is 1.92 bits per heavy atom. The van der Waals surface area contributed by atoms with Crippen LogP contribution in [0.25, 0.3) is 0 Å². The normalized spacial score (nSPS) is 27.9. The van der Waals surface area contributed by atoms with Gasteiger partial charge in [0.25, 0.3) is 0 Å². The van der Waals surface area contributed by atoms with Gasteiger partial charge in [-0.3, -0.25) is 0 Å². The molecule has 0 aliphatic carbocycles. The lowest BCUT2D eigenvalue weighted by Crippen LogP contribution is -2.54. The molecule has 5 nitrogen and oxygen atoms in total. The maximum atomic E-state index is 12.7. The van der Waals surface area contributed by atoms with Gasteiger partial charge >= 0.3 is 0 Å². The molecule has 2 heterocycles. The topological polar surface area (TPSA) is 73.8 Å². The third-order valence-electron chi connectivity index (χ3n) is 4.91. The predicted octanol–water partition coefficient (Wildman–Crippen LogP) is 2.33. The van der Waals surface area contributed by atoms with E-state index in [9.17, 15) is 9.66 Å². The minimum Gasteiger partial charge on any atom is -0.598 e. The third kappa shape index (κ3) is 3.58. The SMILES string of the molecule is CC(C)(C)[S+]([O-])N[C@H]1c2ccccc2OC[C@@H]1C1(O)CCOCC1. The maximum Gasteiger partial charge on any atom is 0.136 e. The molecular weight excluding hydrogens is 326 g/mol. The van der Waals surface area contributed by atoms with Crippen LogP contribution in [-0.4, -0.2) is 39.8 Å². The van der Waals surface area contributed by atoms with Crippen molar-refractivity contribution in [2.45, 2.75) is 50.0 Å². The summed E-state index contributed by atoms with van der Waals surface area (Å²) >= 11 is -1.23. The fraction of sp³-hybridized carbons (Fsp3) is 0.667. The predicted molar refractivity (Wildman–Crippen MR) is 94.2 cm³/mol. The molecule has 0 aromatic heterocycles. The Bertz CT molecular complexity index is 568. The lowest BCUT2D eigenvalue weighted by atomic mass is 9.74. The Labute approximate surface area is 147 Å². The molecule has 6 heteroatoms.